The van der Waals surface area contributed by atoms with Crippen LogP contribution < -0.4 is 5.69 Å². The third-order valence-corrected chi connectivity index (χ3v) is 3.32. The number of hydrogen-bond donors (Lipinski definition) is 2. The maximum atomic E-state index is 12.0. The van der Waals surface area contributed by atoms with Crippen molar-refractivity contribution in [3.63, 3.8) is 0 Å². The number of rotatable bonds is 5. The van der Waals surface area contributed by atoms with Gasteiger partial charge in [-0.15, -0.1) is 0 Å². The van der Waals surface area contributed by atoms with Gasteiger partial charge < -0.3 is 19.8 Å². The zero-order valence-corrected chi connectivity index (χ0v) is 12.1. The molecule has 2 heterocycles. The number of hydrogen-bond acceptors (Lipinski definition) is 6. The fourth-order valence-corrected chi connectivity index (χ4v) is 2.21. The molecule has 0 spiro atoms. The Bertz CT molecular complexity index is 545. The fraction of sp³-hybridized carbons (Fsp3) is 0.615. The number of aliphatic hydroxyl groups excluding tert-OH is 2. The maximum Gasteiger partial charge on any atom is 0.351 e. The average Bonchev–Trinajstić information content (AvgIpc) is 2.88. The second kappa shape index (κ2) is 6.79. The molecular formula is C13H20N4O4. The van der Waals surface area contributed by atoms with Crippen LogP contribution in [0.15, 0.2) is 22.1 Å². The van der Waals surface area contributed by atoms with E-state index in [1.807, 2.05) is 14.1 Å². The van der Waals surface area contributed by atoms with Gasteiger partial charge in [0.25, 0.3) is 0 Å². The first kappa shape index (κ1) is 15.6. The van der Waals surface area contributed by atoms with Gasteiger partial charge in [0, 0.05) is 39.2 Å². The summed E-state index contributed by atoms with van der Waals surface area (Å²) < 4.78 is 6.94. The monoisotopic (exact) mass is 296 g/mol. The highest BCUT2D eigenvalue weighted by Crippen LogP contribution is 2.32. The van der Waals surface area contributed by atoms with E-state index < -0.39 is 18.0 Å². The first-order valence-electron chi connectivity index (χ1n) is 6.72. The molecule has 1 aliphatic rings. The first-order chi connectivity index (χ1) is 10.0. The van der Waals surface area contributed by atoms with Crippen molar-refractivity contribution in [2.45, 2.75) is 18.8 Å². The van der Waals surface area contributed by atoms with Crippen molar-refractivity contribution in [2.24, 2.45) is 10.9 Å². The Morgan fingerprint density at radius 2 is 2.29 bits per heavy atom. The molecule has 2 N–H and O–H groups in total. The minimum absolute atomic E-state index is 0.0882. The number of nitrogens with zero attached hydrogens (tertiary/aromatic N) is 4. The quantitative estimate of drug-likeness (QED) is 0.553. The van der Waals surface area contributed by atoms with E-state index in [0.29, 0.717) is 12.2 Å². The molecule has 1 aromatic rings. The van der Waals surface area contributed by atoms with Crippen molar-refractivity contribution in [2.75, 3.05) is 27.3 Å². The van der Waals surface area contributed by atoms with E-state index in [1.165, 1.54) is 4.57 Å². The molecule has 8 nitrogen and oxygen atoms in total. The van der Waals surface area contributed by atoms with Gasteiger partial charge in [0.15, 0.2) is 5.82 Å². The molecule has 0 saturated carbocycles. The molecule has 8 heteroatoms. The Hall–Kier alpha value is -1.77. The lowest BCUT2D eigenvalue weighted by Crippen LogP contribution is -2.27. The number of aromatic nitrogens is 2. The third-order valence-electron chi connectivity index (χ3n) is 3.32. The second-order valence-electron chi connectivity index (χ2n) is 5.17. The van der Waals surface area contributed by atoms with E-state index in [-0.39, 0.29) is 19.1 Å². The highest BCUT2D eigenvalue weighted by Gasteiger charge is 2.35. The summed E-state index contributed by atoms with van der Waals surface area (Å²) in [5, 5.41) is 18.5. The Kier molecular flexibility index (Phi) is 5.05. The Balaban J connectivity index is 2.17. The maximum absolute atomic E-state index is 12.0. The van der Waals surface area contributed by atoms with E-state index in [1.54, 1.807) is 23.5 Å². The lowest BCUT2D eigenvalue weighted by atomic mass is 10.0. The highest BCUT2D eigenvalue weighted by atomic mass is 16.5. The Labute approximate surface area is 122 Å². The smallest absolute Gasteiger partial charge is 0.351 e. The molecule has 0 unspecified atom stereocenters. The van der Waals surface area contributed by atoms with Gasteiger partial charge in [-0.25, -0.2) is 9.79 Å². The molecular weight excluding hydrogens is 276 g/mol. The fourth-order valence-electron chi connectivity index (χ4n) is 2.21. The van der Waals surface area contributed by atoms with Gasteiger partial charge in [-0.1, -0.05) is 0 Å². The van der Waals surface area contributed by atoms with Crippen LogP contribution in [0.25, 0.3) is 0 Å². The molecule has 0 aliphatic carbocycles. The van der Waals surface area contributed by atoms with Gasteiger partial charge in [-0.3, -0.25) is 4.57 Å². The molecule has 2 rings (SSSR count). The third kappa shape index (κ3) is 3.66. The molecule has 116 valence electrons. The van der Waals surface area contributed by atoms with Crippen LogP contribution >= 0.6 is 0 Å². The summed E-state index contributed by atoms with van der Waals surface area (Å²) in [5.74, 6) is 0.138. The minimum atomic E-state index is -0.522. The molecule has 0 bridgehead atoms. The lowest BCUT2D eigenvalue weighted by molar-refractivity contribution is -0.0365. The lowest BCUT2D eigenvalue weighted by Gasteiger charge is -2.14. The van der Waals surface area contributed by atoms with E-state index in [0.717, 1.165) is 0 Å². The molecule has 1 aliphatic heterocycles. The van der Waals surface area contributed by atoms with Crippen LogP contribution in [0.2, 0.25) is 0 Å². The first-order valence-corrected chi connectivity index (χ1v) is 6.72. The van der Waals surface area contributed by atoms with Crippen LogP contribution in [-0.2, 0) is 4.74 Å². The predicted molar refractivity (Wildman–Crippen MR) is 76.5 cm³/mol. The number of aliphatic hydroxyl groups is 2. The number of aliphatic imine (C=N–C) groups is 1. The van der Waals surface area contributed by atoms with Crippen LogP contribution in [-0.4, -0.2) is 64.4 Å². The molecule has 0 amide bonds. The molecule has 0 aromatic carbocycles. The SMILES string of the molecule is CN(C)C=Nc1ccn([C@H]2C[C@H](CO)[C@@H](CO)O2)c(=O)n1. The Morgan fingerprint density at radius 1 is 1.52 bits per heavy atom. The van der Waals surface area contributed by atoms with Crippen molar-refractivity contribution in [3.8, 4) is 0 Å². The van der Waals surface area contributed by atoms with Gasteiger partial charge in [-0.05, 0) is 6.07 Å². The van der Waals surface area contributed by atoms with Crippen molar-refractivity contribution in [3.05, 3.63) is 22.7 Å². The summed E-state index contributed by atoms with van der Waals surface area (Å²) in [7, 11) is 3.64. The topological polar surface area (TPSA) is 100 Å². The van der Waals surface area contributed by atoms with Crippen molar-refractivity contribution < 1.29 is 14.9 Å². The van der Waals surface area contributed by atoms with Crippen LogP contribution in [0.1, 0.15) is 12.6 Å². The normalized spacial score (nSPS) is 25.6. The van der Waals surface area contributed by atoms with Gasteiger partial charge >= 0.3 is 5.69 Å². The van der Waals surface area contributed by atoms with Crippen LogP contribution in [0, 0.1) is 5.92 Å². The van der Waals surface area contributed by atoms with Crippen LogP contribution in [0.5, 0.6) is 0 Å². The van der Waals surface area contributed by atoms with Crippen LogP contribution in [0.3, 0.4) is 0 Å². The van der Waals surface area contributed by atoms with E-state index >= 15 is 0 Å². The molecule has 1 fully saturated rings. The minimum Gasteiger partial charge on any atom is -0.396 e. The van der Waals surface area contributed by atoms with Gasteiger partial charge in [0.05, 0.1) is 19.0 Å². The van der Waals surface area contributed by atoms with Gasteiger partial charge in [0.1, 0.15) is 6.23 Å². The zero-order chi connectivity index (χ0) is 15.4. The van der Waals surface area contributed by atoms with E-state index in [9.17, 15) is 15.0 Å². The Morgan fingerprint density at radius 3 is 2.81 bits per heavy atom. The van der Waals surface area contributed by atoms with E-state index in [2.05, 4.69) is 9.98 Å². The summed E-state index contributed by atoms with van der Waals surface area (Å²) in [5.41, 5.74) is -0.469. The van der Waals surface area contributed by atoms with Gasteiger partial charge in [-0.2, -0.15) is 4.98 Å². The second-order valence-corrected chi connectivity index (χ2v) is 5.17. The molecule has 0 radical (unpaired) electrons. The molecule has 21 heavy (non-hydrogen) atoms. The zero-order valence-electron chi connectivity index (χ0n) is 12.1. The summed E-state index contributed by atoms with van der Waals surface area (Å²) in [6.45, 7) is -0.274. The largest absolute Gasteiger partial charge is 0.396 e. The van der Waals surface area contributed by atoms with Crippen molar-refractivity contribution in [1.82, 2.24) is 14.5 Å². The van der Waals surface area contributed by atoms with E-state index in [4.69, 9.17) is 4.74 Å². The molecule has 1 aromatic heterocycles. The summed E-state index contributed by atoms with van der Waals surface area (Å²) in [4.78, 5) is 21.7. The van der Waals surface area contributed by atoms with Crippen LogP contribution in [0.4, 0.5) is 5.82 Å². The summed E-state index contributed by atoms with van der Waals surface area (Å²) >= 11 is 0. The molecule has 3 atom stereocenters. The van der Waals surface area contributed by atoms with Crippen molar-refractivity contribution in [1.29, 1.82) is 0 Å². The highest BCUT2D eigenvalue weighted by molar-refractivity contribution is 5.58. The summed E-state index contributed by atoms with van der Waals surface area (Å²) in [6.07, 6.45) is 2.60. The molecule has 1 saturated heterocycles. The van der Waals surface area contributed by atoms with Gasteiger partial charge in [0.2, 0.25) is 0 Å². The summed E-state index contributed by atoms with van der Waals surface area (Å²) in [6, 6.07) is 1.62. The number of ether oxygens (including phenoxy) is 1. The average molecular weight is 296 g/mol. The standard InChI is InChI=1S/C13H20N4O4/c1-16(2)8-14-11-3-4-17(13(20)15-11)12-5-9(6-18)10(7-19)21-12/h3-4,8-10,12,18-19H,5-7H2,1-2H3/t9-,10-,12-/m1/s1. The predicted octanol–water partition coefficient (Wildman–Crippen LogP) is -0.647. The van der Waals surface area contributed by atoms with Crippen molar-refractivity contribution >= 4 is 12.2 Å².